The number of hydrogen-bond acceptors (Lipinski definition) is 4. The van der Waals surface area contributed by atoms with Gasteiger partial charge in [0.2, 0.25) is 0 Å². The predicted octanol–water partition coefficient (Wildman–Crippen LogP) is 4.48. The Balaban J connectivity index is 1.27. The molecule has 2 aromatic heterocycles. The van der Waals surface area contributed by atoms with Gasteiger partial charge in [0.15, 0.2) is 5.11 Å². The van der Waals surface area contributed by atoms with E-state index in [2.05, 4.69) is 37.2 Å². The summed E-state index contributed by atoms with van der Waals surface area (Å²) in [4.78, 5) is 7.01. The van der Waals surface area contributed by atoms with Gasteiger partial charge in [-0.1, -0.05) is 16.8 Å². The van der Waals surface area contributed by atoms with Crippen molar-refractivity contribution < 1.29 is 4.52 Å². The van der Waals surface area contributed by atoms with Crippen LogP contribution in [-0.2, 0) is 6.54 Å². The third-order valence-electron chi connectivity index (χ3n) is 6.51. The highest BCUT2D eigenvalue weighted by atomic mass is 32.1. The molecule has 0 saturated carbocycles. The summed E-state index contributed by atoms with van der Waals surface area (Å²) in [5, 5.41) is 8.47. The first-order valence-electron chi connectivity index (χ1n) is 11.2. The standard InChI is InChI=1S/C23H33N5OS/c1-17-21(18(2)29-26-17)16-28-15-12-24-22(28)20-9-13-27(14-10-20)23(30)25-11-8-19-6-4-3-5-7-19/h6,12,15,20H,3-5,7-11,13-14,16H2,1-2H3,(H,25,30). The molecule has 0 bridgehead atoms. The number of aryl methyl sites for hydroxylation is 2. The molecule has 2 aliphatic rings. The minimum Gasteiger partial charge on any atom is -0.362 e. The molecular formula is C23H33N5OS. The molecule has 4 rings (SSSR count). The van der Waals surface area contributed by atoms with Crippen LogP contribution in [0.3, 0.4) is 0 Å². The molecule has 2 aromatic rings. The van der Waals surface area contributed by atoms with E-state index in [0.717, 1.165) is 73.4 Å². The summed E-state index contributed by atoms with van der Waals surface area (Å²) in [5.74, 6) is 2.52. The number of piperidine rings is 1. The molecule has 1 N–H and O–H groups in total. The zero-order valence-electron chi connectivity index (χ0n) is 18.2. The van der Waals surface area contributed by atoms with Crippen molar-refractivity contribution in [2.24, 2.45) is 0 Å². The molecule has 0 atom stereocenters. The van der Waals surface area contributed by atoms with Crippen molar-refractivity contribution in [3.05, 3.63) is 46.9 Å². The number of likely N-dealkylation sites (tertiary alicyclic amines) is 1. The second kappa shape index (κ2) is 9.77. The Bertz CT molecular complexity index is 872. The molecule has 6 nitrogen and oxygen atoms in total. The number of nitrogens with one attached hydrogen (secondary N) is 1. The van der Waals surface area contributed by atoms with Gasteiger partial charge in [0, 0.05) is 43.5 Å². The lowest BCUT2D eigenvalue weighted by Gasteiger charge is -2.34. The lowest BCUT2D eigenvalue weighted by Crippen LogP contribution is -2.44. The van der Waals surface area contributed by atoms with Crippen molar-refractivity contribution in [2.75, 3.05) is 19.6 Å². The van der Waals surface area contributed by atoms with Crippen LogP contribution in [-0.4, -0.2) is 44.4 Å². The van der Waals surface area contributed by atoms with Gasteiger partial charge in [0.25, 0.3) is 0 Å². The van der Waals surface area contributed by atoms with Crippen LogP contribution in [0.25, 0.3) is 0 Å². The molecule has 162 valence electrons. The molecule has 1 aliphatic carbocycles. The van der Waals surface area contributed by atoms with Gasteiger partial charge in [-0.15, -0.1) is 0 Å². The maximum Gasteiger partial charge on any atom is 0.168 e. The van der Waals surface area contributed by atoms with Gasteiger partial charge in [0.1, 0.15) is 11.6 Å². The van der Waals surface area contributed by atoms with E-state index in [4.69, 9.17) is 16.7 Å². The van der Waals surface area contributed by atoms with Gasteiger partial charge in [-0.3, -0.25) is 0 Å². The Labute approximate surface area is 184 Å². The van der Waals surface area contributed by atoms with Crippen LogP contribution >= 0.6 is 12.2 Å². The minimum absolute atomic E-state index is 0.465. The van der Waals surface area contributed by atoms with E-state index >= 15 is 0 Å². The Morgan fingerprint density at radius 3 is 2.80 bits per heavy atom. The SMILES string of the molecule is Cc1noc(C)c1Cn1ccnc1C1CCN(C(=S)NCCC2=CCCCC2)CC1. The van der Waals surface area contributed by atoms with E-state index in [1.54, 1.807) is 5.57 Å². The van der Waals surface area contributed by atoms with E-state index in [-0.39, 0.29) is 0 Å². The number of hydrogen-bond donors (Lipinski definition) is 1. The first-order valence-corrected chi connectivity index (χ1v) is 11.7. The number of imidazole rings is 1. The number of aromatic nitrogens is 3. The second-order valence-electron chi connectivity index (χ2n) is 8.57. The van der Waals surface area contributed by atoms with E-state index in [1.807, 2.05) is 20.0 Å². The fraction of sp³-hybridized carbons (Fsp3) is 0.609. The highest BCUT2D eigenvalue weighted by Gasteiger charge is 2.25. The smallest absolute Gasteiger partial charge is 0.168 e. The molecular weight excluding hydrogens is 394 g/mol. The third-order valence-corrected chi connectivity index (χ3v) is 6.91. The zero-order chi connectivity index (χ0) is 20.9. The maximum absolute atomic E-state index is 5.67. The van der Waals surface area contributed by atoms with Crippen LogP contribution in [0.1, 0.15) is 73.7 Å². The number of nitrogens with zero attached hydrogens (tertiary/aromatic N) is 4. The third kappa shape index (κ3) is 4.94. The molecule has 0 aromatic carbocycles. The highest BCUT2D eigenvalue weighted by Crippen LogP contribution is 2.28. The van der Waals surface area contributed by atoms with Gasteiger partial charge >= 0.3 is 0 Å². The molecule has 1 saturated heterocycles. The van der Waals surface area contributed by atoms with Gasteiger partial charge in [-0.2, -0.15) is 0 Å². The lowest BCUT2D eigenvalue weighted by atomic mass is 9.96. The summed E-state index contributed by atoms with van der Waals surface area (Å²) in [7, 11) is 0. The van der Waals surface area contributed by atoms with Crippen molar-refractivity contribution in [2.45, 2.75) is 71.3 Å². The first-order chi connectivity index (χ1) is 14.6. The van der Waals surface area contributed by atoms with Crippen LogP contribution in [0.15, 0.2) is 28.6 Å². The van der Waals surface area contributed by atoms with Crippen LogP contribution in [0.4, 0.5) is 0 Å². The molecule has 0 radical (unpaired) electrons. The second-order valence-corrected chi connectivity index (χ2v) is 8.95. The Morgan fingerprint density at radius 1 is 1.27 bits per heavy atom. The average molecular weight is 428 g/mol. The molecule has 0 amide bonds. The fourth-order valence-electron chi connectivity index (χ4n) is 4.63. The molecule has 0 spiro atoms. The van der Waals surface area contributed by atoms with E-state index in [1.165, 1.54) is 25.7 Å². The minimum atomic E-state index is 0.465. The predicted molar refractivity (Wildman–Crippen MR) is 123 cm³/mol. The van der Waals surface area contributed by atoms with Crippen LogP contribution in [0.5, 0.6) is 0 Å². The maximum atomic E-state index is 5.67. The Hall–Kier alpha value is -2.15. The molecule has 1 aliphatic heterocycles. The summed E-state index contributed by atoms with van der Waals surface area (Å²) >= 11 is 5.67. The summed E-state index contributed by atoms with van der Waals surface area (Å²) in [6.07, 6.45) is 14.9. The van der Waals surface area contributed by atoms with Gasteiger partial charge in [-0.05, 0) is 71.0 Å². The average Bonchev–Trinajstić information content (AvgIpc) is 3.36. The van der Waals surface area contributed by atoms with Crippen LogP contribution < -0.4 is 5.32 Å². The number of thiocarbonyl (C=S) groups is 1. The normalized spacial score (nSPS) is 17.8. The van der Waals surface area contributed by atoms with Crippen molar-refractivity contribution in [3.63, 3.8) is 0 Å². The van der Waals surface area contributed by atoms with E-state index < -0.39 is 0 Å². The lowest BCUT2D eigenvalue weighted by molar-refractivity contribution is 0.300. The molecule has 30 heavy (non-hydrogen) atoms. The molecule has 3 heterocycles. The van der Waals surface area contributed by atoms with Gasteiger partial charge in [0.05, 0.1) is 12.2 Å². The Kier molecular flexibility index (Phi) is 6.87. The van der Waals surface area contributed by atoms with Crippen molar-refractivity contribution >= 4 is 17.3 Å². The van der Waals surface area contributed by atoms with E-state index in [0.29, 0.717) is 5.92 Å². The van der Waals surface area contributed by atoms with Crippen LogP contribution in [0, 0.1) is 13.8 Å². The summed E-state index contributed by atoms with van der Waals surface area (Å²) in [6.45, 7) is 7.66. The molecule has 1 fully saturated rings. The summed E-state index contributed by atoms with van der Waals surface area (Å²) in [6, 6.07) is 0. The fourth-order valence-corrected chi connectivity index (χ4v) is 4.91. The molecule has 0 unspecified atom stereocenters. The molecule has 7 heteroatoms. The zero-order valence-corrected chi connectivity index (χ0v) is 19.0. The van der Waals surface area contributed by atoms with Crippen molar-refractivity contribution in [3.8, 4) is 0 Å². The van der Waals surface area contributed by atoms with Gasteiger partial charge in [-0.25, -0.2) is 4.98 Å². The van der Waals surface area contributed by atoms with E-state index in [9.17, 15) is 0 Å². The summed E-state index contributed by atoms with van der Waals surface area (Å²) in [5.41, 5.74) is 3.72. The first kappa shape index (κ1) is 21.1. The quantitative estimate of drug-likeness (QED) is 0.542. The van der Waals surface area contributed by atoms with Crippen molar-refractivity contribution in [1.29, 1.82) is 0 Å². The Morgan fingerprint density at radius 2 is 2.10 bits per heavy atom. The topological polar surface area (TPSA) is 59.1 Å². The monoisotopic (exact) mass is 427 g/mol. The van der Waals surface area contributed by atoms with Crippen molar-refractivity contribution in [1.82, 2.24) is 24.9 Å². The summed E-state index contributed by atoms with van der Waals surface area (Å²) < 4.78 is 7.58. The largest absolute Gasteiger partial charge is 0.362 e. The van der Waals surface area contributed by atoms with Gasteiger partial charge < -0.3 is 19.3 Å². The number of rotatable bonds is 6. The number of allylic oxidation sites excluding steroid dienone is 1. The highest BCUT2D eigenvalue weighted by molar-refractivity contribution is 7.80. The van der Waals surface area contributed by atoms with Crippen LogP contribution in [0.2, 0.25) is 0 Å².